The first-order valence-electron chi connectivity index (χ1n) is 10.1. The van der Waals surface area contributed by atoms with Gasteiger partial charge < -0.3 is 19.5 Å². The Morgan fingerprint density at radius 1 is 1.00 bits per heavy atom. The van der Waals surface area contributed by atoms with Crippen molar-refractivity contribution in [1.82, 2.24) is 5.32 Å². The van der Waals surface area contributed by atoms with Crippen LogP contribution in [0.3, 0.4) is 0 Å². The molecule has 2 aromatic rings. The lowest BCUT2D eigenvalue weighted by atomic mass is 10.1. The Balaban J connectivity index is 1.86. The molecule has 0 atom stereocenters. The van der Waals surface area contributed by atoms with E-state index in [2.05, 4.69) is 24.5 Å². The second kappa shape index (κ2) is 12.8. The third-order valence-electron chi connectivity index (χ3n) is 4.13. The first-order chi connectivity index (χ1) is 14.5. The van der Waals surface area contributed by atoms with Crippen LogP contribution in [0.1, 0.15) is 37.6 Å². The van der Waals surface area contributed by atoms with E-state index in [0.717, 1.165) is 12.2 Å². The Labute approximate surface area is 183 Å². The maximum Gasteiger partial charge on any atom is 0.257 e. The van der Waals surface area contributed by atoms with Crippen molar-refractivity contribution in [2.45, 2.75) is 27.2 Å². The summed E-state index contributed by atoms with van der Waals surface area (Å²) >= 11 is 5.29. The molecule has 2 rings (SSSR count). The monoisotopic (exact) mass is 430 g/mol. The molecule has 0 heterocycles. The van der Waals surface area contributed by atoms with E-state index in [0.29, 0.717) is 49.3 Å². The van der Waals surface area contributed by atoms with Crippen LogP contribution in [0.15, 0.2) is 48.5 Å². The number of hydrogen-bond donors (Lipinski definition) is 2. The van der Waals surface area contributed by atoms with Gasteiger partial charge in [-0.05, 0) is 67.9 Å². The Morgan fingerprint density at radius 3 is 2.43 bits per heavy atom. The smallest absolute Gasteiger partial charge is 0.257 e. The molecule has 30 heavy (non-hydrogen) atoms. The van der Waals surface area contributed by atoms with E-state index < -0.39 is 0 Å². The first kappa shape index (κ1) is 23.6. The summed E-state index contributed by atoms with van der Waals surface area (Å²) in [6.07, 6.45) is 0.985. The molecule has 6 nitrogen and oxygen atoms in total. The number of carbonyl (C=O) groups excluding carboxylic acids is 1. The number of ether oxygens (including phenoxy) is 3. The van der Waals surface area contributed by atoms with Gasteiger partial charge in [-0.2, -0.15) is 0 Å². The minimum absolute atomic E-state index is 0.193. The summed E-state index contributed by atoms with van der Waals surface area (Å²) in [5.74, 6) is 1.67. The molecule has 0 unspecified atom stereocenters. The fraction of sp³-hybridized carbons (Fsp3) is 0.391. The molecule has 7 heteroatoms. The number of amides is 1. The van der Waals surface area contributed by atoms with E-state index in [-0.39, 0.29) is 11.0 Å². The van der Waals surface area contributed by atoms with Gasteiger partial charge in [0.2, 0.25) is 0 Å². The lowest BCUT2D eigenvalue weighted by Gasteiger charge is -2.14. The van der Waals surface area contributed by atoms with Crippen molar-refractivity contribution in [3.8, 4) is 11.5 Å². The van der Waals surface area contributed by atoms with Crippen LogP contribution in [0.2, 0.25) is 0 Å². The molecular weight excluding hydrogens is 400 g/mol. The average molecular weight is 431 g/mol. The van der Waals surface area contributed by atoms with Gasteiger partial charge >= 0.3 is 0 Å². The SMILES string of the molecule is CCOCCOc1ccccc1NC(=S)NC(=O)c1ccc(OCCC(C)C)cc1. The van der Waals surface area contributed by atoms with Crippen LogP contribution in [0.4, 0.5) is 5.69 Å². The maximum absolute atomic E-state index is 12.5. The zero-order valence-electron chi connectivity index (χ0n) is 17.8. The standard InChI is InChI=1S/C23H30N2O4S/c1-4-27-15-16-29-21-8-6-5-7-20(21)24-23(30)25-22(26)18-9-11-19(12-10-18)28-14-13-17(2)3/h5-12,17H,4,13-16H2,1-3H3,(H2,24,25,26,30). The molecule has 0 aromatic heterocycles. The van der Waals surface area contributed by atoms with Gasteiger partial charge in [-0.3, -0.25) is 10.1 Å². The van der Waals surface area contributed by atoms with E-state index in [1.165, 1.54) is 0 Å². The number of nitrogens with one attached hydrogen (secondary N) is 2. The normalized spacial score (nSPS) is 10.5. The predicted molar refractivity (Wildman–Crippen MR) is 124 cm³/mol. The second-order valence-corrected chi connectivity index (χ2v) is 7.41. The summed E-state index contributed by atoms with van der Waals surface area (Å²) in [6.45, 7) is 8.47. The Hall–Kier alpha value is -2.64. The Bertz CT molecular complexity index is 809. The lowest BCUT2D eigenvalue weighted by Crippen LogP contribution is -2.34. The molecule has 0 saturated heterocycles. The summed E-state index contributed by atoms with van der Waals surface area (Å²) in [4.78, 5) is 12.5. The summed E-state index contributed by atoms with van der Waals surface area (Å²) < 4.78 is 16.7. The molecule has 0 saturated carbocycles. The largest absolute Gasteiger partial charge is 0.494 e. The highest BCUT2D eigenvalue weighted by Crippen LogP contribution is 2.23. The molecule has 0 radical (unpaired) electrons. The van der Waals surface area contributed by atoms with Crippen LogP contribution >= 0.6 is 12.2 Å². The van der Waals surface area contributed by atoms with Crippen molar-refractivity contribution in [2.75, 3.05) is 31.7 Å². The number of thiocarbonyl (C=S) groups is 1. The van der Waals surface area contributed by atoms with E-state index in [4.69, 9.17) is 26.4 Å². The molecule has 0 fully saturated rings. The topological polar surface area (TPSA) is 68.8 Å². The molecule has 0 aliphatic rings. The fourth-order valence-electron chi connectivity index (χ4n) is 2.49. The number of anilines is 1. The number of para-hydroxylation sites is 2. The summed E-state index contributed by atoms with van der Waals surface area (Å²) in [6, 6.07) is 14.4. The number of benzene rings is 2. The van der Waals surface area contributed by atoms with Crippen LogP contribution in [-0.2, 0) is 4.74 Å². The van der Waals surface area contributed by atoms with Gasteiger partial charge in [-0.15, -0.1) is 0 Å². The summed E-state index contributed by atoms with van der Waals surface area (Å²) in [5, 5.41) is 5.89. The number of rotatable bonds is 11. The van der Waals surface area contributed by atoms with Gasteiger partial charge in [-0.25, -0.2) is 0 Å². The van der Waals surface area contributed by atoms with Crippen molar-refractivity contribution in [3.05, 3.63) is 54.1 Å². The fourth-order valence-corrected chi connectivity index (χ4v) is 2.70. The first-order valence-corrected chi connectivity index (χ1v) is 10.5. The average Bonchev–Trinajstić information content (AvgIpc) is 2.72. The molecule has 0 spiro atoms. The highest BCUT2D eigenvalue weighted by Gasteiger charge is 2.10. The highest BCUT2D eigenvalue weighted by atomic mass is 32.1. The van der Waals surface area contributed by atoms with Crippen LogP contribution in [-0.4, -0.2) is 37.4 Å². The van der Waals surface area contributed by atoms with Crippen molar-refractivity contribution < 1.29 is 19.0 Å². The van der Waals surface area contributed by atoms with Crippen molar-refractivity contribution in [2.24, 2.45) is 5.92 Å². The number of hydrogen-bond acceptors (Lipinski definition) is 5. The van der Waals surface area contributed by atoms with Gasteiger partial charge in [0.15, 0.2) is 5.11 Å². The molecule has 0 aliphatic carbocycles. The Morgan fingerprint density at radius 2 is 1.73 bits per heavy atom. The third-order valence-corrected chi connectivity index (χ3v) is 4.34. The molecule has 0 aliphatic heterocycles. The Kier molecular flexibility index (Phi) is 10.1. The zero-order valence-corrected chi connectivity index (χ0v) is 18.6. The van der Waals surface area contributed by atoms with Crippen molar-refractivity contribution in [1.29, 1.82) is 0 Å². The second-order valence-electron chi connectivity index (χ2n) is 7.01. The minimum Gasteiger partial charge on any atom is -0.494 e. The van der Waals surface area contributed by atoms with Crippen LogP contribution in [0.25, 0.3) is 0 Å². The molecule has 162 valence electrons. The number of carbonyl (C=O) groups is 1. The van der Waals surface area contributed by atoms with E-state index in [1.54, 1.807) is 24.3 Å². The molecular formula is C23H30N2O4S. The van der Waals surface area contributed by atoms with Crippen LogP contribution < -0.4 is 20.1 Å². The van der Waals surface area contributed by atoms with Gasteiger partial charge in [0.05, 0.1) is 18.9 Å². The van der Waals surface area contributed by atoms with E-state index >= 15 is 0 Å². The molecule has 2 aromatic carbocycles. The molecule has 0 bridgehead atoms. The van der Waals surface area contributed by atoms with Crippen LogP contribution in [0, 0.1) is 5.92 Å². The quantitative estimate of drug-likeness (QED) is 0.399. The van der Waals surface area contributed by atoms with Crippen molar-refractivity contribution >= 4 is 28.9 Å². The summed E-state index contributed by atoms with van der Waals surface area (Å²) in [5.41, 5.74) is 1.17. The lowest BCUT2D eigenvalue weighted by molar-refractivity contribution is 0.0977. The third kappa shape index (κ3) is 8.39. The van der Waals surface area contributed by atoms with E-state index in [1.807, 2.05) is 31.2 Å². The highest BCUT2D eigenvalue weighted by molar-refractivity contribution is 7.80. The van der Waals surface area contributed by atoms with Gasteiger partial charge in [-0.1, -0.05) is 26.0 Å². The van der Waals surface area contributed by atoms with Crippen LogP contribution in [0.5, 0.6) is 11.5 Å². The van der Waals surface area contributed by atoms with Crippen molar-refractivity contribution in [3.63, 3.8) is 0 Å². The van der Waals surface area contributed by atoms with E-state index in [9.17, 15) is 4.79 Å². The molecule has 2 N–H and O–H groups in total. The maximum atomic E-state index is 12.5. The minimum atomic E-state index is -0.295. The van der Waals surface area contributed by atoms with Gasteiger partial charge in [0.1, 0.15) is 18.1 Å². The zero-order chi connectivity index (χ0) is 21.8. The van der Waals surface area contributed by atoms with Gasteiger partial charge in [0.25, 0.3) is 5.91 Å². The summed E-state index contributed by atoms with van der Waals surface area (Å²) in [7, 11) is 0. The predicted octanol–water partition coefficient (Wildman–Crippen LogP) is 4.65. The van der Waals surface area contributed by atoms with Gasteiger partial charge in [0, 0.05) is 12.2 Å². The molecule has 1 amide bonds.